The molecule has 1 aliphatic carbocycles. The van der Waals surface area contributed by atoms with Crippen LogP contribution in [0.5, 0.6) is 0 Å². The van der Waals surface area contributed by atoms with Gasteiger partial charge in [0.25, 0.3) is 0 Å². The molecule has 1 aliphatic rings. The van der Waals surface area contributed by atoms with Crippen LogP contribution < -0.4 is 5.32 Å². The fourth-order valence-electron chi connectivity index (χ4n) is 2.70. The molecule has 0 bridgehead atoms. The van der Waals surface area contributed by atoms with Crippen LogP contribution in [0, 0.1) is 23.7 Å². The third kappa shape index (κ3) is 5.01. The van der Waals surface area contributed by atoms with E-state index in [4.69, 9.17) is 0 Å². The lowest BCUT2D eigenvalue weighted by Crippen LogP contribution is -2.30. The molecule has 0 aliphatic heterocycles. The summed E-state index contributed by atoms with van der Waals surface area (Å²) >= 11 is 0. The molecule has 1 rings (SSSR count). The fourth-order valence-corrected chi connectivity index (χ4v) is 2.70. The number of nitrogens with one attached hydrogen (secondary N) is 1. The van der Waals surface area contributed by atoms with Crippen molar-refractivity contribution in [2.75, 3.05) is 13.1 Å². The Balaban J connectivity index is 2.18. The van der Waals surface area contributed by atoms with Gasteiger partial charge in [-0.3, -0.25) is 0 Å². The SMILES string of the molecule is CC(C)CNCC1CCCC(C(C)C)C1. The van der Waals surface area contributed by atoms with E-state index < -0.39 is 0 Å². The highest BCUT2D eigenvalue weighted by Gasteiger charge is 2.23. The Morgan fingerprint density at radius 3 is 2.47 bits per heavy atom. The second-order valence-corrected chi connectivity index (χ2v) is 6.09. The quantitative estimate of drug-likeness (QED) is 0.731. The zero-order valence-corrected chi connectivity index (χ0v) is 11.1. The lowest BCUT2D eigenvalue weighted by Gasteiger charge is -2.32. The Morgan fingerprint density at radius 2 is 1.87 bits per heavy atom. The zero-order chi connectivity index (χ0) is 11.3. The molecule has 1 heteroatoms. The topological polar surface area (TPSA) is 12.0 Å². The standard InChI is InChI=1S/C14H29N/c1-11(2)9-15-10-13-6-5-7-14(8-13)12(3)4/h11-15H,5-10H2,1-4H3. The zero-order valence-electron chi connectivity index (χ0n) is 11.1. The van der Waals surface area contributed by atoms with Crippen molar-refractivity contribution in [1.82, 2.24) is 5.32 Å². The molecular weight excluding hydrogens is 182 g/mol. The summed E-state index contributed by atoms with van der Waals surface area (Å²) in [6.45, 7) is 11.8. The summed E-state index contributed by atoms with van der Waals surface area (Å²) < 4.78 is 0. The molecule has 1 fully saturated rings. The monoisotopic (exact) mass is 211 g/mol. The van der Waals surface area contributed by atoms with Crippen molar-refractivity contribution in [2.45, 2.75) is 53.4 Å². The molecule has 0 saturated heterocycles. The summed E-state index contributed by atoms with van der Waals surface area (Å²) in [6.07, 6.45) is 5.84. The average Bonchev–Trinajstić information content (AvgIpc) is 2.17. The van der Waals surface area contributed by atoms with Crippen molar-refractivity contribution in [2.24, 2.45) is 23.7 Å². The maximum atomic E-state index is 3.61. The third-order valence-corrected chi connectivity index (χ3v) is 3.75. The molecule has 0 spiro atoms. The van der Waals surface area contributed by atoms with Gasteiger partial charge in [0.15, 0.2) is 0 Å². The van der Waals surface area contributed by atoms with Crippen LogP contribution in [0.15, 0.2) is 0 Å². The molecule has 0 aromatic heterocycles. The first-order chi connectivity index (χ1) is 7.09. The van der Waals surface area contributed by atoms with Gasteiger partial charge in [-0.05, 0) is 49.6 Å². The number of hydrogen-bond acceptors (Lipinski definition) is 1. The normalized spacial score (nSPS) is 27.6. The van der Waals surface area contributed by atoms with Crippen LogP contribution in [-0.2, 0) is 0 Å². The lowest BCUT2D eigenvalue weighted by molar-refractivity contribution is 0.210. The minimum atomic E-state index is 0.787. The molecule has 1 saturated carbocycles. The molecule has 2 atom stereocenters. The maximum Gasteiger partial charge on any atom is -0.00203 e. The molecule has 0 amide bonds. The second kappa shape index (κ2) is 6.52. The first-order valence-electron chi connectivity index (χ1n) is 6.80. The van der Waals surface area contributed by atoms with E-state index in [9.17, 15) is 0 Å². The van der Waals surface area contributed by atoms with Crippen molar-refractivity contribution >= 4 is 0 Å². The van der Waals surface area contributed by atoms with Gasteiger partial charge in [0.1, 0.15) is 0 Å². The number of rotatable bonds is 5. The molecule has 1 nitrogen and oxygen atoms in total. The Hall–Kier alpha value is -0.0400. The van der Waals surface area contributed by atoms with E-state index in [0.717, 1.165) is 23.7 Å². The van der Waals surface area contributed by atoms with Gasteiger partial charge in [-0.25, -0.2) is 0 Å². The predicted octanol–water partition coefficient (Wildman–Crippen LogP) is 3.69. The molecule has 0 aromatic rings. The molecule has 1 N–H and O–H groups in total. The van der Waals surface area contributed by atoms with E-state index in [1.807, 2.05) is 0 Å². The summed E-state index contributed by atoms with van der Waals surface area (Å²) in [6, 6.07) is 0. The molecule has 0 aromatic carbocycles. The van der Waals surface area contributed by atoms with Crippen LogP contribution >= 0.6 is 0 Å². The van der Waals surface area contributed by atoms with Gasteiger partial charge >= 0.3 is 0 Å². The van der Waals surface area contributed by atoms with Gasteiger partial charge in [-0.15, -0.1) is 0 Å². The van der Waals surface area contributed by atoms with Gasteiger partial charge in [-0.1, -0.05) is 40.5 Å². The fraction of sp³-hybridized carbons (Fsp3) is 1.00. The summed E-state index contributed by atoms with van der Waals surface area (Å²) in [5.41, 5.74) is 0. The van der Waals surface area contributed by atoms with Gasteiger partial charge < -0.3 is 5.32 Å². The van der Waals surface area contributed by atoms with E-state index in [1.165, 1.54) is 38.8 Å². The van der Waals surface area contributed by atoms with Crippen molar-refractivity contribution < 1.29 is 0 Å². The first kappa shape index (κ1) is 13.0. The molecule has 0 radical (unpaired) electrons. The molecule has 2 unspecified atom stereocenters. The Labute approximate surface area is 96.0 Å². The Bertz CT molecular complexity index is 163. The van der Waals surface area contributed by atoms with Crippen LogP contribution in [0.1, 0.15) is 53.4 Å². The minimum Gasteiger partial charge on any atom is -0.316 e. The Morgan fingerprint density at radius 1 is 1.13 bits per heavy atom. The smallest absolute Gasteiger partial charge is 0.00203 e. The van der Waals surface area contributed by atoms with Gasteiger partial charge in [-0.2, -0.15) is 0 Å². The summed E-state index contributed by atoms with van der Waals surface area (Å²) in [5, 5.41) is 3.61. The highest BCUT2D eigenvalue weighted by molar-refractivity contribution is 4.76. The molecule has 0 heterocycles. The first-order valence-corrected chi connectivity index (χ1v) is 6.80. The second-order valence-electron chi connectivity index (χ2n) is 6.09. The van der Waals surface area contributed by atoms with Gasteiger partial charge in [0.2, 0.25) is 0 Å². The number of hydrogen-bond donors (Lipinski definition) is 1. The molecular formula is C14H29N. The van der Waals surface area contributed by atoms with Crippen LogP contribution in [0.4, 0.5) is 0 Å². The largest absolute Gasteiger partial charge is 0.316 e. The van der Waals surface area contributed by atoms with Gasteiger partial charge in [0.05, 0.1) is 0 Å². The van der Waals surface area contributed by atoms with Crippen LogP contribution in [-0.4, -0.2) is 13.1 Å². The van der Waals surface area contributed by atoms with E-state index in [1.54, 1.807) is 0 Å². The molecule has 90 valence electrons. The lowest BCUT2D eigenvalue weighted by atomic mass is 9.76. The molecule has 15 heavy (non-hydrogen) atoms. The van der Waals surface area contributed by atoms with Crippen molar-refractivity contribution in [3.8, 4) is 0 Å². The maximum absolute atomic E-state index is 3.61. The van der Waals surface area contributed by atoms with E-state index >= 15 is 0 Å². The van der Waals surface area contributed by atoms with E-state index in [0.29, 0.717) is 0 Å². The third-order valence-electron chi connectivity index (χ3n) is 3.75. The predicted molar refractivity (Wildman–Crippen MR) is 68.0 cm³/mol. The van der Waals surface area contributed by atoms with Gasteiger partial charge in [0, 0.05) is 0 Å². The van der Waals surface area contributed by atoms with Crippen molar-refractivity contribution in [3.05, 3.63) is 0 Å². The van der Waals surface area contributed by atoms with Crippen molar-refractivity contribution in [1.29, 1.82) is 0 Å². The highest BCUT2D eigenvalue weighted by Crippen LogP contribution is 2.33. The van der Waals surface area contributed by atoms with Crippen LogP contribution in [0.25, 0.3) is 0 Å². The minimum absolute atomic E-state index is 0.787. The van der Waals surface area contributed by atoms with Crippen molar-refractivity contribution in [3.63, 3.8) is 0 Å². The summed E-state index contributed by atoms with van der Waals surface area (Å²) in [5.74, 6) is 3.61. The van der Waals surface area contributed by atoms with E-state index in [-0.39, 0.29) is 0 Å². The van der Waals surface area contributed by atoms with E-state index in [2.05, 4.69) is 33.0 Å². The summed E-state index contributed by atoms with van der Waals surface area (Å²) in [4.78, 5) is 0. The Kier molecular flexibility index (Phi) is 5.66. The summed E-state index contributed by atoms with van der Waals surface area (Å²) in [7, 11) is 0. The average molecular weight is 211 g/mol. The van der Waals surface area contributed by atoms with Crippen LogP contribution in [0.3, 0.4) is 0 Å². The highest BCUT2D eigenvalue weighted by atomic mass is 14.9. The van der Waals surface area contributed by atoms with Crippen LogP contribution in [0.2, 0.25) is 0 Å².